The number of aromatic nitrogens is 2. The fourth-order valence-electron chi connectivity index (χ4n) is 3.45. The molecule has 3 rings (SSSR count). The monoisotopic (exact) mass is 310 g/mol. The van der Waals surface area contributed by atoms with Crippen LogP contribution in [-0.4, -0.2) is 9.55 Å². The summed E-state index contributed by atoms with van der Waals surface area (Å²) in [6.45, 7) is 2.35. The second-order valence-corrected chi connectivity index (χ2v) is 6.50. The summed E-state index contributed by atoms with van der Waals surface area (Å²) in [5.74, 6) is 2.05. The Bertz CT molecular complexity index is 606. The number of rotatable bonds is 2. The first-order valence-electron chi connectivity index (χ1n) is 7.43. The molecule has 1 fully saturated rings. The molecule has 1 aromatic carbocycles. The van der Waals surface area contributed by atoms with Crippen LogP contribution in [0.15, 0.2) is 18.2 Å². The zero-order chi connectivity index (χ0) is 14.1. The van der Waals surface area contributed by atoms with E-state index in [0.29, 0.717) is 22.9 Å². The van der Waals surface area contributed by atoms with Gasteiger partial charge in [-0.05, 0) is 30.9 Å². The molecule has 108 valence electrons. The van der Waals surface area contributed by atoms with Crippen LogP contribution in [-0.2, 0) is 5.88 Å². The number of nitrogens with zero attached hydrogens (tertiary/aromatic N) is 2. The molecular formula is C16H20Cl2N2. The van der Waals surface area contributed by atoms with Gasteiger partial charge in [-0.1, -0.05) is 43.9 Å². The number of hydrogen-bond donors (Lipinski definition) is 0. The van der Waals surface area contributed by atoms with Crippen molar-refractivity contribution in [3.63, 3.8) is 0 Å². The van der Waals surface area contributed by atoms with Gasteiger partial charge in [0.05, 0.1) is 16.4 Å². The van der Waals surface area contributed by atoms with E-state index < -0.39 is 0 Å². The molecule has 1 saturated carbocycles. The fourth-order valence-corrected chi connectivity index (χ4v) is 3.85. The Balaban J connectivity index is 2.15. The molecular weight excluding hydrogens is 291 g/mol. The first kappa shape index (κ1) is 14.2. The van der Waals surface area contributed by atoms with Crippen LogP contribution < -0.4 is 0 Å². The maximum Gasteiger partial charge on any atom is 0.125 e. The van der Waals surface area contributed by atoms with E-state index in [0.717, 1.165) is 16.9 Å². The summed E-state index contributed by atoms with van der Waals surface area (Å²) in [6, 6.07) is 6.51. The highest BCUT2D eigenvalue weighted by molar-refractivity contribution is 6.35. The lowest BCUT2D eigenvalue weighted by Gasteiger charge is -2.25. The van der Waals surface area contributed by atoms with E-state index in [1.165, 1.54) is 32.1 Å². The number of para-hydroxylation sites is 1. The lowest BCUT2D eigenvalue weighted by Crippen LogP contribution is -2.18. The van der Waals surface area contributed by atoms with Crippen LogP contribution in [0, 0.1) is 5.92 Å². The Morgan fingerprint density at radius 2 is 2.05 bits per heavy atom. The third-order valence-electron chi connectivity index (χ3n) is 4.51. The molecule has 0 bridgehead atoms. The van der Waals surface area contributed by atoms with Crippen molar-refractivity contribution in [1.82, 2.24) is 9.55 Å². The van der Waals surface area contributed by atoms with E-state index in [-0.39, 0.29) is 0 Å². The van der Waals surface area contributed by atoms with Gasteiger partial charge in [-0.15, -0.1) is 11.6 Å². The number of benzene rings is 1. The molecule has 0 radical (unpaired) electrons. The SMILES string of the molecule is CC1CCCCCC1n1c(CCl)nc2c(Cl)cccc21. The average Bonchev–Trinajstić information content (AvgIpc) is 2.70. The summed E-state index contributed by atoms with van der Waals surface area (Å²) in [7, 11) is 0. The van der Waals surface area contributed by atoms with Crippen LogP contribution in [0.25, 0.3) is 11.0 Å². The van der Waals surface area contributed by atoms with Gasteiger partial charge in [0.2, 0.25) is 0 Å². The second kappa shape index (κ2) is 5.95. The molecule has 2 atom stereocenters. The Kier molecular flexibility index (Phi) is 4.23. The minimum atomic E-state index is 0.439. The first-order chi connectivity index (χ1) is 9.72. The predicted molar refractivity (Wildman–Crippen MR) is 85.6 cm³/mol. The van der Waals surface area contributed by atoms with E-state index in [4.69, 9.17) is 23.2 Å². The topological polar surface area (TPSA) is 17.8 Å². The number of imidazole rings is 1. The zero-order valence-corrected chi connectivity index (χ0v) is 13.3. The van der Waals surface area contributed by atoms with Crippen LogP contribution in [0.5, 0.6) is 0 Å². The molecule has 1 aliphatic rings. The van der Waals surface area contributed by atoms with Crippen molar-refractivity contribution in [2.24, 2.45) is 5.92 Å². The molecule has 20 heavy (non-hydrogen) atoms. The molecule has 2 nitrogen and oxygen atoms in total. The smallest absolute Gasteiger partial charge is 0.125 e. The van der Waals surface area contributed by atoms with Gasteiger partial charge < -0.3 is 4.57 Å². The molecule has 0 saturated heterocycles. The van der Waals surface area contributed by atoms with Crippen molar-refractivity contribution in [1.29, 1.82) is 0 Å². The molecule has 1 aromatic heterocycles. The van der Waals surface area contributed by atoms with E-state index in [9.17, 15) is 0 Å². The van der Waals surface area contributed by atoms with Gasteiger partial charge in [0, 0.05) is 6.04 Å². The normalized spacial score (nSPS) is 23.9. The molecule has 1 aliphatic carbocycles. The molecule has 2 unspecified atom stereocenters. The highest BCUT2D eigenvalue weighted by atomic mass is 35.5. The van der Waals surface area contributed by atoms with Crippen molar-refractivity contribution >= 4 is 34.2 Å². The van der Waals surface area contributed by atoms with Crippen molar-refractivity contribution in [3.8, 4) is 0 Å². The Labute approximate surface area is 130 Å². The van der Waals surface area contributed by atoms with Gasteiger partial charge in [-0.2, -0.15) is 0 Å². The summed E-state index contributed by atoms with van der Waals surface area (Å²) in [5.41, 5.74) is 2.02. The third-order valence-corrected chi connectivity index (χ3v) is 5.06. The quantitative estimate of drug-likeness (QED) is 0.523. The predicted octanol–water partition coefficient (Wildman–Crippen LogP) is 5.57. The lowest BCUT2D eigenvalue weighted by atomic mass is 9.96. The molecule has 4 heteroatoms. The standard InChI is InChI=1S/C16H20Cl2N2/c1-11-6-3-2-4-8-13(11)20-14-9-5-7-12(18)16(14)19-15(20)10-17/h5,7,9,11,13H,2-4,6,8,10H2,1H3. The summed E-state index contributed by atoms with van der Waals surface area (Å²) in [5, 5.41) is 0.717. The van der Waals surface area contributed by atoms with Gasteiger partial charge >= 0.3 is 0 Å². The summed E-state index contributed by atoms with van der Waals surface area (Å²) in [6.07, 6.45) is 6.46. The minimum Gasteiger partial charge on any atom is -0.324 e. The number of alkyl halides is 1. The van der Waals surface area contributed by atoms with Crippen molar-refractivity contribution < 1.29 is 0 Å². The maximum atomic E-state index is 6.29. The van der Waals surface area contributed by atoms with Gasteiger partial charge in [-0.25, -0.2) is 4.98 Å². The lowest BCUT2D eigenvalue weighted by molar-refractivity contribution is 0.335. The fraction of sp³-hybridized carbons (Fsp3) is 0.562. The van der Waals surface area contributed by atoms with Crippen molar-refractivity contribution in [2.45, 2.75) is 50.9 Å². The van der Waals surface area contributed by atoms with Crippen molar-refractivity contribution in [2.75, 3.05) is 0 Å². The maximum absolute atomic E-state index is 6.29. The van der Waals surface area contributed by atoms with Crippen LogP contribution in [0.4, 0.5) is 0 Å². The molecule has 2 aromatic rings. The molecule has 0 amide bonds. The molecule has 0 aliphatic heterocycles. The first-order valence-corrected chi connectivity index (χ1v) is 8.35. The van der Waals surface area contributed by atoms with Crippen LogP contribution in [0.3, 0.4) is 0 Å². The molecule has 1 heterocycles. The highest BCUT2D eigenvalue weighted by Gasteiger charge is 2.25. The molecule has 0 N–H and O–H groups in total. The number of fused-ring (bicyclic) bond motifs is 1. The van der Waals surface area contributed by atoms with Gasteiger partial charge in [0.25, 0.3) is 0 Å². The minimum absolute atomic E-state index is 0.439. The third kappa shape index (κ3) is 2.44. The summed E-state index contributed by atoms with van der Waals surface area (Å²) in [4.78, 5) is 4.67. The van der Waals surface area contributed by atoms with Crippen LogP contribution in [0.2, 0.25) is 5.02 Å². The van der Waals surface area contributed by atoms with Gasteiger partial charge in [0.1, 0.15) is 11.3 Å². The van der Waals surface area contributed by atoms with E-state index in [1.54, 1.807) is 0 Å². The Hall–Kier alpha value is -0.730. The van der Waals surface area contributed by atoms with Gasteiger partial charge in [0.15, 0.2) is 0 Å². The Morgan fingerprint density at radius 1 is 1.25 bits per heavy atom. The number of halogens is 2. The highest BCUT2D eigenvalue weighted by Crippen LogP contribution is 2.37. The second-order valence-electron chi connectivity index (χ2n) is 5.82. The van der Waals surface area contributed by atoms with Crippen molar-refractivity contribution in [3.05, 3.63) is 29.0 Å². The summed E-state index contributed by atoms with van der Waals surface area (Å²) >= 11 is 12.4. The van der Waals surface area contributed by atoms with E-state index in [2.05, 4.69) is 22.5 Å². The van der Waals surface area contributed by atoms with E-state index >= 15 is 0 Å². The van der Waals surface area contributed by atoms with Crippen LogP contribution >= 0.6 is 23.2 Å². The van der Waals surface area contributed by atoms with E-state index in [1.807, 2.05) is 12.1 Å². The van der Waals surface area contributed by atoms with Crippen LogP contribution in [0.1, 0.15) is 50.9 Å². The molecule has 0 spiro atoms. The summed E-state index contributed by atoms with van der Waals surface area (Å²) < 4.78 is 2.35. The zero-order valence-electron chi connectivity index (χ0n) is 11.8. The Morgan fingerprint density at radius 3 is 2.85 bits per heavy atom. The largest absolute Gasteiger partial charge is 0.324 e. The number of hydrogen-bond acceptors (Lipinski definition) is 1. The average molecular weight is 311 g/mol. The van der Waals surface area contributed by atoms with Gasteiger partial charge in [-0.3, -0.25) is 0 Å².